The summed E-state index contributed by atoms with van der Waals surface area (Å²) < 4.78 is 6.22. The van der Waals surface area contributed by atoms with Crippen LogP contribution in [0.5, 0.6) is 5.75 Å². The molecule has 0 radical (unpaired) electrons. The molecule has 1 aromatic carbocycles. The highest BCUT2D eigenvalue weighted by atomic mass is 79.9. The van der Waals surface area contributed by atoms with Crippen LogP contribution in [0.15, 0.2) is 22.7 Å². The molecule has 1 aromatic rings. The molecule has 0 aliphatic carbocycles. The second kappa shape index (κ2) is 14.5. The molecule has 18 heavy (non-hydrogen) atoms. The van der Waals surface area contributed by atoms with Gasteiger partial charge in [0.1, 0.15) is 5.75 Å². The Morgan fingerprint density at radius 2 is 1.78 bits per heavy atom. The highest BCUT2D eigenvalue weighted by molar-refractivity contribution is 9.10. The highest BCUT2D eigenvalue weighted by Gasteiger charge is 2.02. The molecule has 2 nitrogen and oxygen atoms in total. The van der Waals surface area contributed by atoms with Gasteiger partial charge in [0.05, 0.1) is 7.11 Å². The summed E-state index contributed by atoms with van der Waals surface area (Å²) >= 11 is 3.38. The van der Waals surface area contributed by atoms with Crippen molar-refractivity contribution in [1.82, 2.24) is 0 Å². The number of hydrogen-bond acceptors (Lipinski definition) is 2. The second-order valence-electron chi connectivity index (χ2n) is 3.49. The zero-order chi connectivity index (χ0) is 14.4. The van der Waals surface area contributed by atoms with E-state index >= 15 is 0 Å². The summed E-state index contributed by atoms with van der Waals surface area (Å²) in [5.74, 6) is 0.878. The Balaban J connectivity index is 0. The van der Waals surface area contributed by atoms with Crippen molar-refractivity contribution in [2.45, 2.75) is 47.0 Å². The molecule has 1 rings (SSSR count). The number of ether oxygens (including phenoxy) is 1. The topological polar surface area (TPSA) is 29.5 Å². The van der Waals surface area contributed by atoms with Crippen molar-refractivity contribution in [2.24, 2.45) is 0 Å². The summed E-state index contributed by atoms with van der Waals surface area (Å²) in [5, 5.41) is 8.70. The van der Waals surface area contributed by atoms with E-state index in [4.69, 9.17) is 9.84 Å². The van der Waals surface area contributed by atoms with Crippen LogP contribution in [0.25, 0.3) is 0 Å². The van der Waals surface area contributed by atoms with Gasteiger partial charge >= 0.3 is 0 Å². The van der Waals surface area contributed by atoms with Crippen LogP contribution in [0.3, 0.4) is 0 Å². The van der Waals surface area contributed by atoms with E-state index < -0.39 is 0 Å². The molecule has 0 saturated carbocycles. The smallest absolute Gasteiger partial charge is 0.123 e. The van der Waals surface area contributed by atoms with E-state index in [2.05, 4.69) is 29.8 Å². The van der Waals surface area contributed by atoms with Crippen LogP contribution >= 0.6 is 15.9 Å². The first-order valence-electron chi connectivity index (χ1n) is 6.62. The van der Waals surface area contributed by atoms with E-state index in [0.717, 1.165) is 28.6 Å². The minimum Gasteiger partial charge on any atom is -0.496 e. The van der Waals surface area contributed by atoms with Gasteiger partial charge in [-0.2, -0.15) is 0 Å². The standard InChI is InChI=1S/C10H13BrO2.C3H8.C2H6/c1-13-10-7-9(11)5-4-8(10)3-2-6-12;1-3-2;1-2/h4-5,7,12H,2-3,6H2,1H3;3H2,1-2H3;1-2H3. The van der Waals surface area contributed by atoms with Gasteiger partial charge in [-0.1, -0.05) is 56.1 Å². The quantitative estimate of drug-likeness (QED) is 0.862. The largest absolute Gasteiger partial charge is 0.496 e. The second-order valence-corrected chi connectivity index (χ2v) is 4.41. The lowest BCUT2D eigenvalue weighted by Crippen LogP contribution is -1.94. The van der Waals surface area contributed by atoms with Crippen LogP contribution in [-0.2, 0) is 6.42 Å². The van der Waals surface area contributed by atoms with Gasteiger partial charge in [-0.25, -0.2) is 0 Å². The van der Waals surface area contributed by atoms with Crippen molar-refractivity contribution in [3.63, 3.8) is 0 Å². The number of aliphatic hydroxyl groups is 1. The maximum Gasteiger partial charge on any atom is 0.123 e. The average molecular weight is 319 g/mol. The molecule has 0 saturated heterocycles. The molecule has 106 valence electrons. The molecule has 0 bridgehead atoms. The SMILES string of the molecule is CC.CCC.COc1cc(Br)ccc1CCCO. The van der Waals surface area contributed by atoms with E-state index in [0.29, 0.717) is 0 Å². The number of benzene rings is 1. The molecule has 0 aromatic heterocycles. The van der Waals surface area contributed by atoms with E-state index in [1.807, 2.05) is 32.0 Å². The number of halogens is 1. The highest BCUT2D eigenvalue weighted by Crippen LogP contribution is 2.24. The third kappa shape index (κ3) is 9.49. The number of hydrogen-bond donors (Lipinski definition) is 1. The fourth-order valence-corrected chi connectivity index (χ4v) is 1.53. The van der Waals surface area contributed by atoms with E-state index in [1.54, 1.807) is 7.11 Å². The summed E-state index contributed by atoms with van der Waals surface area (Å²) in [6, 6.07) is 5.93. The molecule has 0 amide bonds. The van der Waals surface area contributed by atoms with E-state index in [-0.39, 0.29) is 6.61 Å². The molecular formula is C15H27BrO2. The Bertz CT molecular complexity index is 288. The van der Waals surface area contributed by atoms with Gasteiger partial charge in [-0.15, -0.1) is 0 Å². The number of aryl methyl sites for hydroxylation is 1. The normalized spacial score (nSPS) is 8.61. The molecule has 0 fully saturated rings. The minimum absolute atomic E-state index is 0.221. The number of rotatable bonds is 4. The van der Waals surface area contributed by atoms with Crippen molar-refractivity contribution in [1.29, 1.82) is 0 Å². The zero-order valence-corrected chi connectivity index (χ0v) is 13.9. The molecule has 0 spiro atoms. The summed E-state index contributed by atoms with van der Waals surface area (Å²) in [6.45, 7) is 8.47. The Labute approximate surface area is 121 Å². The summed E-state index contributed by atoms with van der Waals surface area (Å²) in [7, 11) is 1.66. The monoisotopic (exact) mass is 318 g/mol. The van der Waals surface area contributed by atoms with Crippen LogP contribution < -0.4 is 4.74 Å². The maximum absolute atomic E-state index is 8.70. The van der Waals surface area contributed by atoms with E-state index in [9.17, 15) is 0 Å². The minimum atomic E-state index is 0.221. The fraction of sp³-hybridized carbons (Fsp3) is 0.600. The molecule has 1 N–H and O–H groups in total. The van der Waals surface area contributed by atoms with Gasteiger partial charge in [-0.05, 0) is 30.5 Å². The zero-order valence-electron chi connectivity index (χ0n) is 12.3. The lowest BCUT2D eigenvalue weighted by atomic mass is 10.1. The molecular weight excluding hydrogens is 292 g/mol. The van der Waals surface area contributed by atoms with Crippen LogP contribution in [0.1, 0.15) is 46.1 Å². The van der Waals surface area contributed by atoms with Crippen LogP contribution in [-0.4, -0.2) is 18.8 Å². The first-order chi connectivity index (χ1) is 8.69. The molecule has 0 unspecified atom stereocenters. The number of methoxy groups -OCH3 is 1. The Hall–Kier alpha value is -0.540. The van der Waals surface area contributed by atoms with Crippen molar-refractivity contribution >= 4 is 15.9 Å². The summed E-state index contributed by atoms with van der Waals surface area (Å²) in [5.41, 5.74) is 1.14. The molecule has 0 aliphatic heterocycles. The van der Waals surface area contributed by atoms with Gasteiger partial charge in [-0.3, -0.25) is 0 Å². The van der Waals surface area contributed by atoms with Crippen molar-refractivity contribution < 1.29 is 9.84 Å². The predicted molar refractivity (Wildman–Crippen MR) is 83.4 cm³/mol. The molecule has 0 atom stereocenters. The van der Waals surface area contributed by atoms with Gasteiger partial charge in [0, 0.05) is 11.1 Å². The predicted octanol–water partition coefficient (Wildman–Crippen LogP) is 4.83. The van der Waals surface area contributed by atoms with Gasteiger partial charge < -0.3 is 9.84 Å². The lowest BCUT2D eigenvalue weighted by molar-refractivity contribution is 0.287. The summed E-state index contributed by atoms with van der Waals surface area (Å²) in [6.07, 6.45) is 2.88. The Morgan fingerprint density at radius 1 is 1.22 bits per heavy atom. The van der Waals surface area contributed by atoms with Crippen LogP contribution in [0.2, 0.25) is 0 Å². The van der Waals surface area contributed by atoms with Crippen molar-refractivity contribution in [2.75, 3.05) is 13.7 Å². The number of aliphatic hydroxyl groups excluding tert-OH is 1. The third-order valence-corrected chi connectivity index (χ3v) is 2.35. The fourth-order valence-electron chi connectivity index (χ4n) is 1.19. The molecule has 3 heteroatoms. The van der Waals surface area contributed by atoms with Crippen LogP contribution in [0.4, 0.5) is 0 Å². The van der Waals surface area contributed by atoms with Crippen LogP contribution in [0, 0.1) is 0 Å². The van der Waals surface area contributed by atoms with Gasteiger partial charge in [0.2, 0.25) is 0 Å². The van der Waals surface area contributed by atoms with Crippen molar-refractivity contribution in [3.8, 4) is 5.75 Å². The Morgan fingerprint density at radius 3 is 2.22 bits per heavy atom. The Kier molecular flexibility index (Phi) is 16.0. The first-order valence-corrected chi connectivity index (χ1v) is 7.42. The van der Waals surface area contributed by atoms with Crippen molar-refractivity contribution in [3.05, 3.63) is 28.2 Å². The van der Waals surface area contributed by atoms with Gasteiger partial charge in [0.15, 0.2) is 0 Å². The lowest BCUT2D eigenvalue weighted by Gasteiger charge is -2.07. The van der Waals surface area contributed by atoms with E-state index in [1.165, 1.54) is 6.42 Å². The molecule has 0 aliphatic rings. The summed E-state index contributed by atoms with van der Waals surface area (Å²) in [4.78, 5) is 0. The maximum atomic E-state index is 8.70. The first kappa shape index (κ1) is 19.8. The third-order valence-electron chi connectivity index (χ3n) is 1.85. The van der Waals surface area contributed by atoms with Gasteiger partial charge in [0.25, 0.3) is 0 Å². The molecule has 0 heterocycles. The average Bonchev–Trinajstić information content (AvgIpc) is 2.40.